The number of sulfonamides is 1. The molecule has 1 aromatic heterocycles. The van der Waals surface area contributed by atoms with Crippen molar-refractivity contribution in [2.24, 2.45) is 0 Å². The number of nitrogens with one attached hydrogen (secondary N) is 1. The number of benzene rings is 2. The molecule has 1 amide bonds. The predicted octanol–water partition coefficient (Wildman–Crippen LogP) is 3.70. The topological polar surface area (TPSA) is 92.3 Å². The zero-order valence-corrected chi connectivity index (χ0v) is 17.8. The fourth-order valence-electron chi connectivity index (χ4n) is 2.84. The van der Waals surface area contributed by atoms with Crippen LogP contribution in [0.25, 0.3) is 10.6 Å². The second kappa shape index (κ2) is 9.15. The van der Waals surface area contributed by atoms with Crippen molar-refractivity contribution in [3.05, 3.63) is 60.2 Å². The molecule has 0 unspecified atom stereocenters. The van der Waals surface area contributed by atoms with E-state index in [1.54, 1.807) is 12.1 Å². The number of amides is 1. The van der Waals surface area contributed by atoms with Gasteiger partial charge in [0.05, 0.1) is 11.9 Å². The monoisotopic (exact) mass is 430 g/mol. The van der Waals surface area contributed by atoms with Gasteiger partial charge in [-0.25, -0.2) is 8.42 Å². The van der Waals surface area contributed by atoms with Gasteiger partial charge in [-0.3, -0.25) is 9.10 Å². The Morgan fingerprint density at radius 3 is 2.45 bits per heavy atom. The summed E-state index contributed by atoms with van der Waals surface area (Å²) < 4.78 is 25.7. The number of anilines is 2. The fraction of sp³-hybridized carbons (Fsp3) is 0.250. The van der Waals surface area contributed by atoms with E-state index >= 15 is 0 Å². The SMILES string of the molecule is Cc1ccccc1N(CCCC(=O)Nc1nnc(-c2ccccc2)s1)S(C)(=O)=O. The zero-order valence-electron chi connectivity index (χ0n) is 16.2. The van der Waals surface area contributed by atoms with Gasteiger partial charge in [-0.05, 0) is 25.0 Å². The van der Waals surface area contributed by atoms with Crippen LogP contribution in [0.4, 0.5) is 10.8 Å². The molecule has 3 rings (SSSR count). The van der Waals surface area contributed by atoms with Crippen LogP contribution in [0.5, 0.6) is 0 Å². The molecule has 9 heteroatoms. The standard InChI is InChI=1S/C20H22N4O3S2/c1-15-9-6-7-12-17(15)24(29(2,26)27)14-8-13-18(25)21-20-23-22-19(28-20)16-10-4-3-5-11-16/h3-7,9-12H,8,13-14H2,1-2H3,(H,21,23,25). The molecule has 152 valence electrons. The van der Waals surface area contributed by atoms with Gasteiger partial charge < -0.3 is 5.32 Å². The summed E-state index contributed by atoms with van der Waals surface area (Å²) in [5.74, 6) is -0.223. The molecule has 0 saturated heterocycles. The normalized spacial score (nSPS) is 11.2. The van der Waals surface area contributed by atoms with Gasteiger partial charge in [0.1, 0.15) is 5.01 Å². The number of carbonyl (C=O) groups is 1. The van der Waals surface area contributed by atoms with Crippen molar-refractivity contribution in [2.45, 2.75) is 19.8 Å². The molecule has 0 aliphatic rings. The molecular formula is C20H22N4O3S2. The van der Waals surface area contributed by atoms with Crippen LogP contribution in [0.3, 0.4) is 0 Å². The van der Waals surface area contributed by atoms with Crippen molar-refractivity contribution in [1.82, 2.24) is 10.2 Å². The smallest absolute Gasteiger partial charge is 0.232 e. The Morgan fingerprint density at radius 2 is 1.76 bits per heavy atom. The van der Waals surface area contributed by atoms with Crippen molar-refractivity contribution >= 4 is 38.1 Å². The van der Waals surface area contributed by atoms with E-state index < -0.39 is 10.0 Å². The predicted molar refractivity (Wildman–Crippen MR) is 117 cm³/mol. The van der Waals surface area contributed by atoms with Crippen LogP contribution < -0.4 is 9.62 Å². The highest BCUT2D eigenvalue weighted by atomic mass is 32.2. The molecule has 0 saturated carbocycles. The summed E-state index contributed by atoms with van der Waals surface area (Å²) in [6.07, 6.45) is 1.74. The van der Waals surface area contributed by atoms with Crippen LogP contribution in [0.15, 0.2) is 54.6 Å². The molecule has 3 aromatic rings. The maximum absolute atomic E-state index is 12.3. The van der Waals surface area contributed by atoms with E-state index in [9.17, 15) is 13.2 Å². The van der Waals surface area contributed by atoms with Crippen molar-refractivity contribution in [1.29, 1.82) is 0 Å². The van der Waals surface area contributed by atoms with Crippen LogP contribution in [0.2, 0.25) is 0 Å². The third-order valence-electron chi connectivity index (χ3n) is 4.24. The van der Waals surface area contributed by atoms with Gasteiger partial charge in [-0.1, -0.05) is 59.9 Å². The quantitative estimate of drug-likeness (QED) is 0.588. The van der Waals surface area contributed by atoms with Crippen LogP contribution in [-0.4, -0.2) is 37.3 Å². The van der Waals surface area contributed by atoms with Crippen LogP contribution in [0, 0.1) is 6.92 Å². The van der Waals surface area contributed by atoms with Crippen molar-refractivity contribution in [2.75, 3.05) is 22.4 Å². The van der Waals surface area contributed by atoms with Crippen LogP contribution >= 0.6 is 11.3 Å². The van der Waals surface area contributed by atoms with Crippen LogP contribution in [0.1, 0.15) is 18.4 Å². The first-order valence-electron chi connectivity index (χ1n) is 9.07. The minimum absolute atomic E-state index is 0.179. The molecule has 0 fully saturated rings. The van der Waals surface area contributed by atoms with Gasteiger partial charge >= 0.3 is 0 Å². The lowest BCUT2D eigenvalue weighted by molar-refractivity contribution is -0.116. The Bertz CT molecular complexity index is 1080. The lowest BCUT2D eigenvalue weighted by Crippen LogP contribution is -2.32. The molecule has 7 nitrogen and oxygen atoms in total. The number of hydrogen-bond donors (Lipinski definition) is 1. The summed E-state index contributed by atoms with van der Waals surface area (Å²) in [6.45, 7) is 2.09. The van der Waals surface area contributed by atoms with Crippen molar-refractivity contribution in [3.63, 3.8) is 0 Å². The van der Waals surface area contributed by atoms with Gasteiger partial charge in [-0.15, -0.1) is 10.2 Å². The lowest BCUT2D eigenvalue weighted by atomic mass is 10.2. The molecule has 2 aromatic carbocycles. The third-order valence-corrected chi connectivity index (χ3v) is 6.31. The molecule has 0 aliphatic heterocycles. The van der Waals surface area contributed by atoms with E-state index in [2.05, 4.69) is 15.5 Å². The first-order chi connectivity index (χ1) is 13.8. The Kier molecular flexibility index (Phi) is 6.60. The van der Waals surface area contributed by atoms with Gasteiger partial charge in [0.25, 0.3) is 0 Å². The summed E-state index contributed by atoms with van der Waals surface area (Å²) >= 11 is 1.30. The minimum atomic E-state index is -3.44. The minimum Gasteiger partial charge on any atom is -0.301 e. The number of carbonyl (C=O) groups excluding carboxylic acids is 1. The number of aromatic nitrogens is 2. The number of para-hydroxylation sites is 1. The summed E-state index contributed by atoms with van der Waals surface area (Å²) in [5, 5.41) is 12.0. The molecular weight excluding hydrogens is 408 g/mol. The number of nitrogens with zero attached hydrogens (tertiary/aromatic N) is 3. The molecule has 0 bridgehead atoms. The van der Waals surface area contributed by atoms with Gasteiger partial charge in [0.2, 0.25) is 21.1 Å². The van der Waals surface area contributed by atoms with Gasteiger partial charge in [0.15, 0.2) is 0 Å². The highest BCUT2D eigenvalue weighted by Crippen LogP contribution is 2.26. The number of rotatable bonds is 8. The van der Waals surface area contributed by atoms with Crippen molar-refractivity contribution < 1.29 is 13.2 Å². The first kappa shape index (κ1) is 20.9. The summed E-state index contributed by atoms with van der Waals surface area (Å²) in [6, 6.07) is 16.9. The second-order valence-corrected chi connectivity index (χ2v) is 9.44. The average Bonchev–Trinajstić information content (AvgIpc) is 3.14. The molecule has 1 N–H and O–H groups in total. The maximum Gasteiger partial charge on any atom is 0.232 e. The Labute approximate surface area is 174 Å². The van der Waals surface area contributed by atoms with E-state index in [0.29, 0.717) is 17.2 Å². The Hall–Kier alpha value is -2.78. The van der Waals surface area contributed by atoms with E-state index in [-0.39, 0.29) is 18.9 Å². The van der Waals surface area contributed by atoms with E-state index in [4.69, 9.17) is 0 Å². The Morgan fingerprint density at radius 1 is 1.07 bits per heavy atom. The van der Waals surface area contributed by atoms with Gasteiger partial charge in [0, 0.05) is 18.5 Å². The Balaban J connectivity index is 1.58. The van der Waals surface area contributed by atoms with Crippen LogP contribution in [-0.2, 0) is 14.8 Å². The van der Waals surface area contributed by atoms with Crippen molar-refractivity contribution in [3.8, 4) is 10.6 Å². The maximum atomic E-state index is 12.3. The highest BCUT2D eigenvalue weighted by Gasteiger charge is 2.19. The molecule has 0 radical (unpaired) electrons. The first-order valence-corrected chi connectivity index (χ1v) is 11.7. The van der Waals surface area contributed by atoms with Gasteiger partial charge in [-0.2, -0.15) is 0 Å². The van der Waals surface area contributed by atoms with E-state index in [1.165, 1.54) is 21.9 Å². The number of hydrogen-bond acceptors (Lipinski definition) is 6. The molecule has 1 heterocycles. The van der Waals surface area contributed by atoms with E-state index in [1.807, 2.05) is 49.4 Å². The summed E-state index contributed by atoms with van der Waals surface area (Å²) in [4.78, 5) is 12.3. The molecule has 0 atom stereocenters. The largest absolute Gasteiger partial charge is 0.301 e. The average molecular weight is 431 g/mol. The third kappa shape index (κ3) is 5.61. The fourth-order valence-corrected chi connectivity index (χ4v) is 4.63. The summed E-state index contributed by atoms with van der Waals surface area (Å²) in [7, 11) is -3.44. The number of aryl methyl sites for hydroxylation is 1. The highest BCUT2D eigenvalue weighted by molar-refractivity contribution is 7.92. The van der Waals surface area contributed by atoms with E-state index in [0.717, 1.165) is 16.1 Å². The molecule has 0 aliphatic carbocycles. The molecule has 0 spiro atoms. The summed E-state index contributed by atoms with van der Waals surface area (Å²) in [5.41, 5.74) is 2.43. The molecule has 29 heavy (non-hydrogen) atoms. The zero-order chi connectivity index (χ0) is 20.9. The second-order valence-electron chi connectivity index (χ2n) is 6.55. The lowest BCUT2D eigenvalue weighted by Gasteiger charge is -2.24.